The predicted molar refractivity (Wildman–Crippen MR) is 123 cm³/mol. The average Bonchev–Trinajstić information content (AvgIpc) is 3.16. The van der Waals surface area contributed by atoms with E-state index in [4.69, 9.17) is 11.6 Å². The molecule has 0 saturated heterocycles. The Morgan fingerprint density at radius 3 is 2.42 bits per heavy atom. The number of carbonyl (C=O) groups is 2. The summed E-state index contributed by atoms with van der Waals surface area (Å²) in [4.78, 5) is 27.3. The van der Waals surface area contributed by atoms with Crippen LogP contribution in [0.5, 0.6) is 0 Å². The van der Waals surface area contributed by atoms with Crippen molar-refractivity contribution in [1.29, 1.82) is 5.26 Å². The molecule has 0 bridgehead atoms. The molecular formula is C24H20ClN3O2S. The molecule has 1 atom stereocenters. The third kappa shape index (κ3) is 4.63. The number of hydrogen-bond donors (Lipinski definition) is 2. The summed E-state index contributed by atoms with van der Waals surface area (Å²) >= 11 is 7.41. The smallest absolute Gasteiger partial charge is 0.253 e. The van der Waals surface area contributed by atoms with Crippen molar-refractivity contribution < 1.29 is 9.59 Å². The zero-order chi connectivity index (χ0) is 21.8. The molecule has 7 heteroatoms. The zero-order valence-electron chi connectivity index (χ0n) is 16.7. The monoisotopic (exact) mass is 449 g/mol. The first-order valence-corrected chi connectivity index (χ1v) is 11.2. The van der Waals surface area contributed by atoms with Gasteiger partial charge in [-0.2, -0.15) is 5.26 Å². The number of aryl methyl sites for hydroxylation is 1. The molecule has 1 unspecified atom stereocenters. The van der Waals surface area contributed by atoms with Crippen LogP contribution in [0.4, 0.5) is 5.00 Å². The maximum atomic E-state index is 13.2. The number of nitrogens with zero attached hydrogens (tertiary/aromatic N) is 1. The number of nitrogens with one attached hydrogen (secondary N) is 2. The van der Waals surface area contributed by atoms with Crippen molar-refractivity contribution in [2.75, 3.05) is 5.32 Å². The Morgan fingerprint density at radius 2 is 1.71 bits per heavy atom. The van der Waals surface area contributed by atoms with Gasteiger partial charge in [0.25, 0.3) is 5.91 Å². The molecule has 1 heterocycles. The largest absolute Gasteiger partial charge is 0.349 e. The maximum Gasteiger partial charge on any atom is 0.253 e. The van der Waals surface area contributed by atoms with Gasteiger partial charge < -0.3 is 10.6 Å². The van der Waals surface area contributed by atoms with E-state index in [9.17, 15) is 14.9 Å². The summed E-state index contributed by atoms with van der Waals surface area (Å²) in [5, 5.41) is 16.8. The molecule has 5 nitrogen and oxygen atoms in total. The zero-order valence-corrected chi connectivity index (χ0v) is 18.2. The van der Waals surface area contributed by atoms with Gasteiger partial charge in [0, 0.05) is 21.0 Å². The number of Topliss-reactive ketones (excluding diaryl/α,β-unsaturated/α-hetero) is 1. The van der Waals surface area contributed by atoms with Gasteiger partial charge in [-0.05, 0) is 55.5 Å². The molecule has 156 valence electrons. The molecule has 1 amide bonds. The Morgan fingerprint density at radius 1 is 1.00 bits per heavy atom. The van der Waals surface area contributed by atoms with Crippen LogP contribution in [0.1, 0.15) is 49.6 Å². The standard InChI is InChI=1S/C24H20ClN3O2S/c25-17-12-10-16(11-13-17)23(30)27-22(21(29)15-6-2-1-3-7-15)28-24-19(14-26)18-8-4-5-9-20(18)31-24/h1-3,6-7,10-13,22,28H,4-5,8-9H2,(H,27,30). The van der Waals surface area contributed by atoms with Gasteiger partial charge >= 0.3 is 0 Å². The first kappa shape index (κ1) is 21.1. The van der Waals surface area contributed by atoms with Gasteiger partial charge in [0.1, 0.15) is 11.1 Å². The summed E-state index contributed by atoms with van der Waals surface area (Å²) in [5.74, 6) is -0.684. The lowest BCUT2D eigenvalue weighted by atomic mass is 9.96. The average molecular weight is 450 g/mol. The summed E-state index contributed by atoms with van der Waals surface area (Å²) in [5.41, 5.74) is 2.50. The molecule has 2 N–H and O–H groups in total. The minimum Gasteiger partial charge on any atom is -0.349 e. The molecule has 4 rings (SSSR count). The Labute approximate surface area is 189 Å². The Balaban J connectivity index is 1.65. The molecular weight excluding hydrogens is 430 g/mol. The summed E-state index contributed by atoms with van der Waals surface area (Å²) in [6.45, 7) is 0. The molecule has 0 radical (unpaired) electrons. The van der Waals surface area contributed by atoms with Crippen LogP contribution in [0, 0.1) is 11.3 Å². The van der Waals surface area contributed by atoms with E-state index in [2.05, 4.69) is 16.7 Å². The number of rotatable bonds is 6. The fraction of sp³-hybridized carbons (Fsp3) is 0.208. The second-order valence-electron chi connectivity index (χ2n) is 7.31. The number of thiophene rings is 1. The van der Waals surface area contributed by atoms with Gasteiger partial charge in [-0.3, -0.25) is 9.59 Å². The topological polar surface area (TPSA) is 82.0 Å². The summed E-state index contributed by atoms with van der Waals surface area (Å²) < 4.78 is 0. The first-order chi connectivity index (χ1) is 15.1. The van der Waals surface area contributed by atoms with Crippen molar-refractivity contribution in [3.8, 4) is 6.07 Å². The van der Waals surface area contributed by atoms with Crippen LogP contribution in [0.3, 0.4) is 0 Å². The number of benzene rings is 2. The highest BCUT2D eigenvalue weighted by Gasteiger charge is 2.27. The molecule has 31 heavy (non-hydrogen) atoms. The number of carbonyl (C=O) groups excluding carboxylic acids is 2. The van der Waals surface area contributed by atoms with Crippen LogP contribution < -0.4 is 10.6 Å². The number of nitriles is 1. The van der Waals surface area contributed by atoms with Crippen molar-refractivity contribution >= 4 is 39.6 Å². The molecule has 0 aliphatic heterocycles. The van der Waals surface area contributed by atoms with Crippen LogP contribution in [0.15, 0.2) is 54.6 Å². The van der Waals surface area contributed by atoms with Crippen LogP contribution in [0.25, 0.3) is 0 Å². The normalized spacial score (nSPS) is 13.5. The number of fused-ring (bicyclic) bond motifs is 1. The molecule has 1 aliphatic carbocycles. The molecule has 1 aliphatic rings. The number of hydrogen-bond acceptors (Lipinski definition) is 5. The van der Waals surface area contributed by atoms with E-state index in [1.54, 1.807) is 48.5 Å². The van der Waals surface area contributed by atoms with Crippen LogP contribution in [0.2, 0.25) is 5.02 Å². The Kier molecular flexibility index (Phi) is 6.36. The van der Waals surface area contributed by atoms with Gasteiger partial charge in [0.2, 0.25) is 5.78 Å². The van der Waals surface area contributed by atoms with E-state index in [-0.39, 0.29) is 5.78 Å². The van der Waals surface area contributed by atoms with Crippen molar-refractivity contribution in [3.63, 3.8) is 0 Å². The first-order valence-electron chi connectivity index (χ1n) is 10.0. The van der Waals surface area contributed by atoms with Crippen molar-refractivity contribution in [1.82, 2.24) is 5.32 Å². The molecule has 0 fully saturated rings. The summed E-state index contributed by atoms with van der Waals surface area (Å²) in [7, 11) is 0. The second kappa shape index (κ2) is 9.34. The van der Waals surface area contributed by atoms with Crippen molar-refractivity contribution in [2.45, 2.75) is 31.8 Å². The molecule has 0 saturated carbocycles. The fourth-order valence-electron chi connectivity index (χ4n) is 3.67. The highest BCUT2D eigenvalue weighted by atomic mass is 35.5. The van der Waals surface area contributed by atoms with Gasteiger partial charge in [-0.15, -0.1) is 11.3 Å². The van der Waals surface area contributed by atoms with E-state index >= 15 is 0 Å². The fourth-order valence-corrected chi connectivity index (χ4v) is 5.06. The van der Waals surface area contributed by atoms with Crippen molar-refractivity contribution in [3.05, 3.63) is 86.8 Å². The predicted octanol–water partition coefficient (Wildman–Crippen LogP) is 5.20. The summed E-state index contributed by atoms with van der Waals surface area (Å²) in [6.07, 6.45) is 2.93. The quantitative estimate of drug-likeness (QED) is 0.400. The number of amides is 1. The number of halogens is 1. The number of anilines is 1. The van der Waals surface area contributed by atoms with Gasteiger partial charge in [-0.25, -0.2) is 0 Å². The third-order valence-corrected chi connectivity index (χ3v) is 6.74. The van der Waals surface area contributed by atoms with Gasteiger partial charge in [0.15, 0.2) is 6.17 Å². The lowest BCUT2D eigenvalue weighted by molar-refractivity contribution is 0.0869. The van der Waals surface area contributed by atoms with Crippen LogP contribution in [-0.4, -0.2) is 17.9 Å². The SMILES string of the molecule is N#Cc1c(NC(NC(=O)c2ccc(Cl)cc2)C(=O)c2ccccc2)sc2c1CCCC2. The highest BCUT2D eigenvalue weighted by Crippen LogP contribution is 2.38. The molecule has 1 aromatic heterocycles. The number of ketones is 1. The molecule has 0 spiro atoms. The van der Waals surface area contributed by atoms with Gasteiger partial charge in [0.05, 0.1) is 5.56 Å². The summed E-state index contributed by atoms with van der Waals surface area (Å²) in [6, 6.07) is 17.5. The lowest BCUT2D eigenvalue weighted by Gasteiger charge is -2.20. The van der Waals surface area contributed by atoms with Crippen molar-refractivity contribution in [2.24, 2.45) is 0 Å². The van der Waals surface area contributed by atoms with E-state index in [0.29, 0.717) is 26.7 Å². The van der Waals surface area contributed by atoms with E-state index in [1.165, 1.54) is 16.2 Å². The minimum absolute atomic E-state index is 0.279. The minimum atomic E-state index is -1.02. The Bertz CT molecular complexity index is 1150. The Hall–Kier alpha value is -3.14. The molecule has 3 aromatic rings. The lowest BCUT2D eigenvalue weighted by Crippen LogP contribution is -2.46. The van der Waals surface area contributed by atoms with Crippen LogP contribution >= 0.6 is 22.9 Å². The maximum absolute atomic E-state index is 13.2. The second-order valence-corrected chi connectivity index (χ2v) is 8.86. The van der Waals surface area contributed by atoms with Crippen LogP contribution in [-0.2, 0) is 12.8 Å². The third-order valence-electron chi connectivity index (χ3n) is 5.26. The van der Waals surface area contributed by atoms with E-state index in [0.717, 1.165) is 31.2 Å². The highest BCUT2D eigenvalue weighted by molar-refractivity contribution is 7.16. The van der Waals surface area contributed by atoms with E-state index in [1.807, 2.05) is 6.07 Å². The molecule has 2 aromatic carbocycles. The van der Waals surface area contributed by atoms with E-state index < -0.39 is 12.1 Å². The van der Waals surface area contributed by atoms with Gasteiger partial charge in [-0.1, -0.05) is 41.9 Å².